The molecule has 1 amide bonds. The number of anilines is 1. The number of carbonyl (C=O) groups is 1. The Bertz CT molecular complexity index is 501. The van der Waals surface area contributed by atoms with Gasteiger partial charge in [-0.25, -0.2) is 4.79 Å². The third-order valence-corrected chi connectivity index (χ3v) is 2.13. The number of hydrogen-bond acceptors (Lipinski definition) is 2. The van der Waals surface area contributed by atoms with E-state index in [0.717, 1.165) is 11.1 Å². The molecule has 0 unspecified atom stereocenters. The van der Waals surface area contributed by atoms with Crippen LogP contribution < -0.4 is 5.32 Å². The minimum Gasteiger partial charge on any atom is -0.444 e. The Morgan fingerprint density at radius 3 is 2.50 bits per heavy atom. The maximum atomic E-state index is 11.6. The normalized spacial score (nSPS) is 10.3. The van der Waals surface area contributed by atoms with E-state index in [1.54, 1.807) is 6.92 Å². The maximum Gasteiger partial charge on any atom is 0.412 e. The SMILES string of the molecule is CC#Cc1ccc(NC(=O)OC(C)(C)C)cc1C. The van der Waals surface area contributed by atoms with Crippen LogP contribution >= 0.6 is 0 Å². The molecule has 0 atom stereocenters. The van der Waals surface area contributed by atoms with Crippen molar-refractivity contribution in [1.29, 1.82) is 0 Å². The summed E-state index contributed by atoms with van der Waals surface area (Å²) in [6.07, 6.45) is -0.448. The molecule has 1 rings (SSSR count). The molecule has 0 saturated heterocycles. The summed E-state index contributed by atoms with van der Waals surface area (Å²) in [4.78, 5) is 11.6. The lowest BCUT2D eigenvalue weighted by atomic mass is 10.1. The highest BCUT2D eigenvalue weighted by atomic mass is 16.6. The zero-order valence-electron chi connectivity index (χ0n) is 11.5. The van der Waals surface area contributed by atoms with Crippen molar-refractivity contribution >= 4 is 11.8 Å². The average Bonchev–Trinajstić information content (AvgIpc) is 2.19. The molecule has 0 aromatic heterocycles. The second kappa shape index (κ2) is 5.59. The molecule has 1 N–H and O–H groups in total. The monoisotopic (exact) mass is 245 g/mol. The van der Waals surface area contributed by atoms with Gasteiger partial charge < -0.3 is 4.74 Å². The summed E-state index contributed by atoms with van der Waals surface area (Å²) >= 11 is 0. The van der Waals surface area contributed by atoms with Gasteiger partial charge in [0.1, 0.15) is 5.60 Å². The first-order chi connectivity index (χ1) is 8.31. The lowest BCUT2D eigenvalue weighted by Gasteiger charge is -2.19. The Labute approximate surface area is 109 Å². The van der Waals surface area contributed by atoms with E-state index in [4.69, 9.17) is 4.74 Å². The van der Waals surface area contributed by atoms with Crippen LogP contribution in [0.4, 0.5) is 10.5 Å². The molecule has 0 fully saturated rings. The molecule has 0 saturated carbocycles. The first-order valence-electron chi connectivity index (χ1n) is 5.85. The van der Waals surface area contributed by atoms with Crippen LogP contribution in [-0.2, 0) is 4.74 Å². The number of nitrogens with one attached hydrogen (secondary N) is 1. The summed E-state index contributed by atoms with van der Waals surface area (Å²) in [6, 6.07) is 5.58. The van der Waals surface area contributed by atoms with E-state index in [0.29, 0.717) is 5.69 Å². The standard InChI is InChI=1S/C15H19NO2/c1-6-7-12-8-9-13(10-11(12)2)16-14(17)18-15(3,4)5/h8-10H,1-5H3,(H,16,17). The van der Waals surface area contributed by atoms with E-state index in [1.807, 2.05) is 45.9 Å². The van der Waals surface area contributed by atoms with Crippen molar-refractivity contribution in [3.05, 3.63) is 29.3 Å². The smallest absolute Gasteiger partial charge is 0.412 e. The van der Waals surface area contributed by atoms with Crippen LogP contribution in [0.5, 0.6) is 0 Å². The minimum atomic E-state index is -0.493. The number of aryl methyl sites for hydroxylation is 1. The Balaban J connectivity index is 2.77. The van der Waals surface area contributed by atoms with Crippen molar-refractivity contribution in [3.63, 3.8) is 0 Å². The van der Waals surface area contributed by atoms with Crippen molar-refractivity contribution < 1.29 is 9.53 Å². The van der Waals surface area contributed by atoms with Gasteiger partial charge in [0.15, 0.2) is 0 Å². The van der Waals surface area contributed by atoms with Crippen molar-refractivity contribution in [2.75, 3.05) is 5.32 Å². The van der Waals surface area contributed by atoms with Gasteiger partial charge in [0, 0.05) is 11.3 Å². The van der Waals surface area contributed by atoms with Gasteiger partial charge in [-0.15, -0.1) is 5.92 Å². The summed E-state index contributed by atoms with van der Waals surface area (Å²) in [5.74, 6) is 5.85. The minimum absolute atomic E-state index is 0.448. The molecule has 96 valence electrons. The van der Waals surface area contributed by atoms with Gasteiger partial charge in [0.2, 0.25) is 0 Å². The third kappa shape index (κ3) is 4.50. The maximum absolute atomic E-state index is 11.6. The lowest BCUT2D eigenvalue weighted by Crippen LogP contribution is -2.27. The van der Waals surface area contributed by atoms with Crippen molar-refractivity contribution in [2.24, 2.45) is 0 Å². The molecule has 3 nitrogen and oxygen atoms in total. The van der Waals surface area contributed by atoms with E-state index in [-0.39, 0.29) is 0 Å². The van der Waals surface area contributed by atoms with Crippen LogP contribution in [0.3, 0.4) is 0 Å². The third-order valence-electron chi connectivity index (χ3n) is 2.13. The Morgan fingerprint density at radius 2 is 2.00 bits per heavy atom. The molecule has 0 heterocycles. The fourth-order valence-corrected chi connectivity index (χ4v) is 1.44. The highest BCUT2D eigenvalue weighted by Crippen LogP contribution is 2.16. The van der Waals surface area contributed by atoms with Crippen LogP contribution in [0.15, 0.2) is 18.2 Å². The second-order valence-electron chi connectivity index (χ2n) is 5.03. The number of amides is 1. The molecular weight excluding hydrogens is 226 g/mol. The topological polar surface area (TPSA) is 38.3 Å². The van der Waals surface area contributed by atoms with Gasteiger partial charge in [-0.2, -0.15) is 0 Å². The summed E-state index contributed by atoms with van der Waals surface area (Å²) in [7, 11) is 0. The number of carbonyl (C=O) groups excluding carboxylic acids is 1. The Hall–Kier alpha value is -1.95. The van der Waals surface area contributed by atoms with Gasteiger partial charge in [-0.3, -0.25) is 5.32 Å². The van der Waals surface area contributed by atoms with Gasteiger partial charge in [0.25, 0.3) is 0 Å². The number of ether oxygens (including phenoxy) is 1. The zero-order chi connectivity index (χ0) is 13.8. The number of hydrogen-bond donors (Lipinski definition) is 1. The predicted octanol–water partition coefficient (Wildman–Crippen LogP) is 3.71. The van der Waals surface area contributed by atoms with E-state index < -0.39 is 11.7 Å². The molecule has 0 radical (unpaired) electrons. The Morgan fingerprint density at radius 1 is 1.33 bits per heavy atom. The van der Waals surface area contributed by atoms with Gasteiger partial charge in [-0.1, -0.05) is 5.92 Å². The number of benzene rings is 1. The molecule has 18 heavy (non-hydrogen) atoms. The molecule has 3 heteroatoms. The highest BCUT2D eigenvalue weighted by molar-refractivity contribution is 5.85. The summed E-state index contributed by atoms with van der Waals surface area (Å²) in [5.41, 5.74) is 2.21. The van der Waals surface area contributed by atoms with Crippen LogP contribution in [0.1, 0.15) is 38.8 Å². The first-order valence-corrected chi connectivity index (χ1v) is 5.85. The largest absolute Gasteiger partial charge is 0.444 e. The van der Waals surface area contributed by atoms with Crippen molar-refractivity contribution in [2.45, 2.75) is 40.2 Å². The highest BCUT2D eigenvalue weighted by Gasteiger charge is 2.16. The summed E-state index contributed by atoms with van der Waals surface area (Å²) in [6.45, 7) is 9.25. The average molecular weight is 245 g/mol. The fourth-order valence-electron chi connectivity index (χ4n) is 1.44. The van der Waals surface area contributed by atoms with Gasteiger partial charge >= 0.3 is 6.09 Å². The molecule has 1 aromatic carbocycles. The molecule has 0 spiro atoms. The van der Waals surface area contributed by atoms with Gasteiger partial charge in [-0.05, 0) is 58.4 Å². The summed E-state index contributed by atoms with van der Waals surface area (Å²) in [5, 5.41) is 2.70. The first kappa shape index (κ1) is 14.1. The molecule has 0 aliphatic heterocycles. The number of rotatable bonds is 1. The van der Waals surface area contributed by atoms with Crippen molar-refractivity contribution in [1.82, 2.24) is 0 Å². The predicted molar refractivity (Wildman–Crippen MR) is 73.6 cm³/mol. The van der Waals surface area contributed by atoms with Crippen molar-refractivity contribution in [3.8, 4) is 11.8 Å². The van der Waals surface area contributed by atoms with E-state index in [1.165, 1.54) is 0 Å². The lowest BCUT2D eigenvalue weighted by molar-refractivity contribution is 0.0636. The summed E-state index contributed by atoms with van der Waals surface area (Å²) < 4.78 is 5.18. The molecule has 0 bridgehead atoms. The Kier molecular flexibility index (Phi) is 4.38. The molecule has 1 aromatic rings. The molecule has 0 aliphatic rings. The van der Waals surface area contributed by atoms with E-state index in [2.05, 4.69) is 17.2 Å². The second-order valence-corrected chi connectivity index (χ2v) is 5.03. The zero-order valence-corrected chi connectivity index (χ0v) is 11.5. The molecular formula is C15H19NO2. The van der Waals surface area contributed by atoms with Crippen LogP contribution in [0.2, 0.25) is 0 Å². The van der Waals surface area contributed by atoms with Crippen LogP contribution in [0, 0.1) is 18.8 Å². The van der Waals surface area contributed by atoms with E-state index in [9.17, 15) is 4.79 Å². The van der Waals surface area contributed by atoms with Crippen LogP contribution in [0.25, 0.3) is 0 Å². The van der Waals surface area contributed by atoms with Crippen LogP contribution in [-0.4, -0.2) is 11.7 Å². The van der Waals surface area contributed by atoms with E-state index >= 15 is 0 Å². The van der Waals surface area contributed by atoms with Gasteiger partial charge in [0.05, 0.1) is 0 Å². The quantitative estimate of drug-likeness (QED) is 0.766. The molecule has 0 aliphatic carbocycles. The fraction of sp³-hybridized carbons (Fsp3) is 0.400.